The van der Waals surface area contributed by atoms with Crippen LogP contribution in [0.15, 0.2) is 0 Å². The molecule has 2 bridgehead atoms. The Morgan fingerprint density at radius 3 is 2.75 bits per heavy atom. The summed E-state index contributed by atoms with van der Waals surface area (Å²) in [5, 5.41) is 10.4. The van der Waals surface area contributed by atoms with E-state index >= 15 is 0 Å². The van der Waals surface area contributed by atoms with Gasteiger partial charge in [-0.15, -0.1) is 0 Å². The van der Waals surface area contributed by atoms with Gasteiger partial charge >= 0.3 is 5.97 Å². The van der Waals surface area contributed by atoms with Gasteiger partial charge in [0.25, 0.3) is 0 Å². The molecule has 8 atom stereocenters. The van der Waals surface area contributed by atoms with Crippen molar-refractivity contribution in [1.29, 1.82) is 0 Å². The smallest absolute Gasteiger partial charge is 0.311 e. The van der Waals surface area contributed by atoms with Gasteiger partial charge in [-0.05, 0) is 38.0 Å². The maximum absolute atomic E-state index is 12.1. The van der Waals surface area contributed by atoms with E-state index < -0.39 is 23.8 Å². The van der Waals surface area contributed by atoms with Crippen LogP contribution in [0.5, 0.6) is 0 Å². The summed E-state index contributed by atoms with van der Waals surface area (Å²) in [6, 6.07) is 0. The molecule has 1 spiro atoms. The van der Waals surface area contributed by atoms with Crippen LogP contribution in [0, 0.1) is 23.7 Å². The Hall–Kier alpha value is -0.650. The van der Waals surface area contributed by atoms with Gasteiger partial charge in [0, 0.05) is 5.92 Å². The fourth-order valence-electron chi connectivity index (χ4n) is 4.97. The minimum Gasteiger partial charge on any atom is -0.432 e. The van der Waals surface area contributed by atoms with E-state index in [4.69, 9.17) is 14.2 Å². The Bertz CT molecular complexity index is 465. The number of aliphatic hydroxyl groups excluding tert-OH is 1. The number of esters is 1. The van der Waals surface area contributed by atoms with Gasteiger partial charge in [-0.3, -0.25) is 4.79 Å². The van der Waals surface area contributed by atoms with E-state index in [2.05, 4.69) is 6.92 Å². The molecule has 0 aromatic carbocycles. The fourth-order valence-corrected chi connectivity index (χ4v) is 4.97. The first-order valence-corrected chi connectivity index (χ1v) is 7.65. The molecule has 3 saturated heterocycles. The van der Waals surface area contributed by atoms with E-state index in [1.807, 2.05) is 6.92 Å². The van der Waals surface area contributed by atoms with Crippen LogP contribution in [-0.2, 0) is 19.0 Å². The van der Waals surface area contributed by atoms with Crippen molar-refractivity contribution in [2.75, 3.05) is 0 Å². The number of hydrogen-bond donors (Lipinski definition) is 1. The summed E-state index contributed by atoms with van der Waals surface area (Å²) in [6.07, 6.45) is 1.35. The van der Waals surface area contributed by atoms with Gasteiger partial charge in [0.15, 0.2) is 5.79 Å². The number of rotatable bonds is 0. The fraction of sp³-hybridized carbons (Fsp3) is 0.933. The largest absolute Gasteiger partial charge is 0.432 e. The third-order valence-corrected chi connectivity index (χ3v) is 6.15. The zero-order chi connectivity index (χ0) is 14.3. The number of hydrogen-bond acceptors (Lipinski definition) is 5. The maximum Gasteiger partial charge on any atom is 0.311 e. The number of aliphatic hydroxyl groups is 1. The number of fused-ring (bicyclic) bond motifs is 1. The second-order valence-corrected chi connectivity index (χ2v) is 7.17. The molecule has 0 aromatic rings. The quantitative estimate of drug-likeness (QED) is 0.681. The molecule has 4 rings (SSSR count). The van der Waals surface area contributed by atoms with E-state index in [0.717, 1.165) is 12.8 Å². The van der Waals surface area contributed by atoms with Gasteiger partial charge in [-0.2, -0.15) is 0 Å². The minimum atomic E-state index is -1.04. The molecular weight excluding hydrogens is 260 g/mol. The molecule has 1 aliphatic carbocycles. The predicted octanol–water partition coefficient (Wildman–Crippen LogP) is 1.43. The van der Waals surface area contributed by atoms with Crippen LogP contribution in [0.2, 0.25) is 0 Å². The monoisotopic (exact) mass is 282 g/mol. The molecule has 5 nitrogen and oxygen atoms in total. The SMILES string of the molecule is C[C@@H]1CC[C@H]2[C@@H](C)C(=O)O[C@@H]3O[C@]4(C)O[C@@]32[C@H]1C[C@@H]4O. The molecule has 0 aromatic heterocycles. The molecule has 0 amide bonds. The lowest BCUT2D eigenvalue weighted by atomic mass is 9.57. The van der Waals surface area contributed by atoms with Crippen LogP contribution >= 0.6 is 0 Å². The van der Waals surface area contributed by atoms with E-state index in [9.17, 15) is 9.90 Å². The van der Waals surface area contributed by atoms with Crippen molar-refractivity contribution in [2.24, 2.45) is 23.7 Å². The molecule has 20 heavy (non-hydrogen) atoms. The Morgan fingerprint density at radius 2 is 2.00 bits per heavy atom. The molecule has 5 heteroatoms. The molecule has 0 radical (unpaired) electrons. The van der Waals surface area contributed by atoms with Crippen LogP contribution < -0.4 is 0 Å². The molecule has 1 N–H and O–H groups in total. The summed E-state index contributed by atoms with van der Waals surface area (Å²) in [5.41, 5.74) is -0.557. The van der Waals surface area contributed by atoms with Crippen molar-refractivity contribution < 1.29 is 24.1 Å². The Morgan fingerprint density at radius 1 is 1.25 bits per heavy atom. The van der Waals surface area contributed by atoms with Crippen molar-refractivity contribution in [3.63, 3.8) is 0 Å². The second-order valence-electron chi connectivity index (χ2n) is 7.17. The summed E-state index contributed by atoms with van der Waals surface area (Å²) in [7, 11) is 0. The van der Waals surface area contributed by atoms with Gasteiger partial charge in [-0.25, -0.2) is 0 Å². The van der Waals surface area contributed by atoms with Gasteiger partial charge in [0.1, 0.15) is 11.7 Å². The molecule has 3 heterocycles. The summed E-state index contributed by atoms with van der Waals surface area (Å²) in [5.74, 6) is -0.646. The summed E-state index contributed by atoms with van der Waals surface area (Å²) < 4.78 is 17.7. The molecule has 3 aliphatic heterocycles. The van der Waals surface area contributed by atoms with Crippen LogP contribution in [0.25, 0.3) is 0 Å². The van der Waals surface area contributed by atoms with Crippen molar-refractivity contribution in [3.8, 4) is 0 Å². The lowest BCUT2D eigenvalue weighted by molar-refractivity contribution is -0.294. The lowest BCUT2D eigenvalue weighted by Crippen LogP contribution is -2.66. The van der Waals surface area contributed by atoms with Crippen LogP contribution in [0.1, 0.15) is 40.0 Å². The average molecular weight is 282 g/mol. The van der Waals surface area contributed by atoms with Crippen LogP contribution in [-0.4, -0.2) is 34.9 Å². The van der Waals surface area contributed by atoms with E-state index in [0.29, 0.717) is 12.3 Å². The molecule has 4 aliphatic rings. The number of ether oxygens (including phenoxy) is 3. The highest BCUT2D eigenvalue weighted by Gasteiger charge is 2.74. The Labute approximate surface area is 118 Å². The van der Waals surface area contributed by atoms with Gasteiger partial charge in [-0.1, -0.05) is 13.8 Å². The first-order valence-electron chi connectivity index (χ1n) is 7.65. The topological polar surface area (TPSA) is 65.0 Å². The third kappa shape index (κ3) is 1.32. The molecule has 0 unspecified atom stereocenters. The van der Waals surface area contributed by atoms with Crippen molar-refractivity contribution in [1.82, 2.24) is 0 Å². The zero-order valence-electron chi connectivity index (χ0n) is 12.2. The van der Waals surface area contributed by atoms with Gasteiger partial charge < -0.3 is 19.3 Å². The molecule has 1 saturated carbocycles. The Balaban J connectivity index is 1.85. The lowest BCUT2D eigenvalue weighted by Gasteiger charge is -2.56. The van der Waals surface area contributed by atoms with E-state index in [1.54, 1.807) is 6.92 Å². The molecular formula is C15H22O5. The third-order valence-electron chi connectivity index (χ3n) is 6.15. The average Bonchev–Trinajstić information content (AvgIpc) is 2.64. The van der Waals surface area contributed by atoms with E-state index in [1.165, 1.54) is 0 Å². The summed E-state index contributed by atoms with van der Waals surface area (Å²) in [4.78, 5) is 12.1. The highest BCUT2D eigenvalue weighted by atomic mass is 16.8. The van der Waals surface area contributed by atoms with Crippen LogP contribution in [0.4, 0.5) is 0 Å². The Kier molecular flexibility index (Phi) is 2.45. The summed E-state index contributed by atoms with van der Waals surface area (Å²) >= 11 is 0. The van der Waals surface area contributed by atoms with Gasteiger partial charge in [0.05, 0.1) is 5.92 Å². The van der Waals surface area contributed by atoms with Crippen molar-refractivity contribution >= 4 is 5.97 Å². The number of carbonyl (C=O) groups is 1. The standard InChI is InChI=1S/C15H22O5/c1-7-4-5-9-8(2)12(17)18-13-15(9)10(7)6-11(16)14(3,19-13)20-15/h7-11,13,16H,4-6H2,1-3H3/t7-,8-,9+,10+,11+,13-,14-,15+/m1/s1. The number of carbonyl (C=O) groups excluding carboxylic acids is 1. The van der Waals surface area contributed by atoms with E-state index in [-0.39, 0.29) is 23.7 Å². The highest BCUT2D eigenvalue weighted by Crippen LogP contribution is 2.62. The summed E-state index contributed by atoms with van der Waals surface area (Å²) in [6.45, 7) is 5.88. The first kappa shape index (κ1) is 13.0. The second kappa shape index (κ2) is 3.76. The van der Waals surface area contributed by atoms with Crippen molar-refractivity contribution in [3.05, 3.63) is 0 Å². The minimum absolute atomic E-state index is 0.129. The normalized spacial score (nSPS) is 60.9. The first-order chi connectivity index (χ1) is 9.38. The molecule has 4 fully saturated rings. The predicted molar refractivity (Wildman–Crippen MR) is 68.4 cm³/mol. The van der Waals surface area contributed by atoms with Crippen LogP contribution in [0.3, 0.4) is 0 Å². The maximum atomic E-state index is 12.1. The zero-order valence-corrected chi connectivity index (χ0v) is 12.2. The van der Waals surface area contributed by atoms with Crippen molar-refractivity contribution in [2.45, 2.75) is 63.8 Å². The highest BCUT2D eigenvalue weighted by molar-refractivity contribution is 5.74. The van der Waals surface area contributed by atoms with Gasteiger partial charge in [0.2, 0.25) is 6.29 Å². The molecule has 112 valence electrons.